The average molecular weight is 444 g/mol. The minimum Gasteiger partial charge on any atom is -0.508 e. The van der Waals surface area contributed by atoms with Gasteiger partial charge < -0.3 is 5.11 Å². The number of para-hydroxylation sites is 2. The highest BCUT2D eigenvalue weighted by Crippen LogP contribution is 2.46. The number of amides is 1. The Balaban J connectivity index is 1.42. The van der Waals surface area contributed by atoms with E-state index in [-0.39, 0.29) is 17.0 Å². The second-order valence-electron chi connectivity index (χ2n) is 6.00. The average Bonchev–Trinajstić information content (AvgIpc) is 3.40. The molecule has 4 aromatic rings. The van der Waals surface area contributed by atoms with Gasteiger partial charge in [-0.2, -0.15) is 0 Å². The number of rotatable bonds is 4. The van der Waals surface area contributed by atoms with Gasteiger partial charge in [-0.05, 0) is 30.0 Å². The van der Waals surface area contributed by atoms with Crippen molar-refractivity contribution in [1.82, 2.24) is 9.97 Å². The summed E-state index contributed by atoms with van der Waals surface area (Å²) >= 11 is 6.08. The lowest BCUT2D eigenvalue weighted by molar-refractivity contribution is -0.115. The Bertz CT molecular complexity index is 1140. The second-order valence-corrected chi connectivity index (χ2v) is 10.2. The Hall–Kier alpha value is -2.07. The molecule has 1 atom stereocenters. The van der Waals surface area contributed by atoms with Gasteiger partial charge in [0.25, 0.3) is 0 Å². The molecule has 0 spiro atoms. The highest BCUT2D eigenvalue weighted by molar-refractivity contribution is 8.01. The van der Waals surface area contributed by atoms with Crippen LogP contribution in [0.4, 0.5) is 5.13 Å². The predicted molar refractivity (Wildman–Crippen MR) is 117 cm³/mol. The van der Waals surface area contributed by atoms with E-state index in [1.807, 2.05) is 35.7 Å². The van der Waals surface area contributed by atoms with Gasteiger partial charge in [-0.15, -0.1) is 34.4 Å². The molecule has 3 heterocycles. The number of benzene rings is 2. The van der Waals surface area contributed by atoms with Crippen molar-refractivity contribution in [2.24, 2.45) is 0 Å². The fourth-order valence-electron chi connectivity index (χ4n) is 2.95. The lowest BCUT2D eigenvalue weighted by Crippen LogP contribution is -2.27. The number of hydrogen-bond donors (Lipinski definition) is 1. The number of nitrogens with zero attached hydrogens (tertiary/aromatic N) is 3. The standard InChI is InChI=1S/C19H13N3O2S4/c23-13-7-3-1-5-11(13)17-22(16(24)10-25-17)18-21-15(9-26-18)28-19-20-12-6-2-4-8-14(12)27-19/h1-9,17,23H,10H2. The van der Waals surface area contributed by atoms with Crippen LogP contribution in [0.5, 0.6) is 5.75 Å². The summed E-state index contributed by atoms with van der Waals surface area (Å²) in [6, 6.07) is 15.2. The molecule has 1 amide bonds. The van der Waals surface area contributed by atoms with E-state index in [0.717, 1.165) is 25.1 Å². The minimum absolute atomic E-state index is 0.00383. The van der Waals surface area contributed by atoms with Gasteiger partial charge in [0.1, 0.15) is 16.1 Å². The van der Waals surface area contributed by atoms with Gasteiger partial charge in [0, 0.05) is 10.9 Å². The highest BCUT2D eigenvalue weighted by Gasteiger charge is 2.37. The van der Waals surface area contributed by atoms with Gasteiger partial charge in [-0.3, -0.25) is 9.69 Å². The molecule has 1 aliphatic rings. The number of phenols is 1. The van der Waals surface area contributed by atoms with Crippen LogP contribution in [0.3, 0.4) is 0 Å². The summed E-state index contributed by atoms with van der Waals surface area (Å²) in [4.78, 5) is 23.5. The largest absolute Gasteiger partial charge is 0.508 e. The third-order valence-corrected chi connectivity index (χ3v) is 8.41. The molecule has 1 fully saturated rings. The van der Waals surface area contributed by atoms with Crippen LogP contribution < -0.4 is 4.90 Å². The first-order valence-corrected chi connectivity index (χ1v) is 12.0. The van der Waals surface area contributed by atoms with E-state index in [2.05, 4.69) is 16.0 Å². The summed E-state index contributed by atoms with van der Waals surface area (Å²) in [5.74, 6) is 0.573. The van der Waals surface area contributed by atoms with E-state index >= 15 is 0 Å². The first kappa shape index (κ1) is 18.0. The van der Waals surface area contributed by atoms with Gasteiger partial charge in [0.05, 0.1) is 16.0 Å². The molecule has 5 nitrogen and oxygen atoms in total. The van der Waals surface area contributed by atoms with Crippen molar-refractivity contribution in [3.05, 3.63) is 59.5 Å². The number of aromatic hydroxyl groups is 1. The molecule has 140 valence electrons. The van der Waals surface area contributed by atoms with Crippen molar-refractivity contribution in [3.63, 3.8) is 0 Å². The van der Waals surface area contributed by atoms with Crippen molar-refractivity contribution in [3.8, 4) is 5.75 Å². The third-order valence-electron chi connectivity index (χ3n) is 4.21. The molecule has 1 unspecified atom stereocenters. The van der Waals surface area contributed by atoms with Crippen LogP contribution in [-0.2, 0) is 4.79 Å². The maximum absolute atomic E-state index is 12.5. The number of thiazole rings is 2. The summed E-state index contributed by atoms with van der Waals surface area (Å²) in [6.45, 7) is 0. The number of carbonyl (C=O) groups is 1. The Morgan fingerprint density at radius 3 is 2.79 bits per heavy atom. The zero-order chi connectivity index (χ0) is 19.1. The monoisotopic (exact) mass is 443 g/mol. The molecule has 1 aliphatic heterocycles. The Labute approximate surface area is 177 Å². The van der Waals surface area contributed by atoms with E-state index in [9.17, 15) is 9.90 Å². The van der Waals surface area contributed by atoms with Crippen LogP contribution in [0.25, 0.3) is 10.2 Å². The van der Waals surface area contributed by atoms with Crippen LogP contribution in [0, 0.1) is 0 Å². The number of carbonyl (C=O) groups excluding carboxylic acids is 1. The molecular weight excluding hydrogens is 430 g/mol. The molecule has 28 heavy (non-hydrogen) atoms. The van der Waals surface area contributed by atoms with E-state index in [0.29, 0.717) is 10.9 Å². The van der Waals surface area contributed by atoms with Gasteiger partial charge in [-0.25, -0.2) is 9.97 Å². The number of fused-ring (bicyclic) bond motifs is 1. The molecule has 1 N–H and O–H groups in total. The Kier molecular flexibility index (Phi) is 4.75. The van der Waals surface area contributed by atoms with Crippen LogP contribution in [0.1, 0.15) is 10.9 Å². The lowest BCUT2D eigenvalue weighted by atomic mass is 10.2. The first-order valence-electron chi connectivity index (χ1n) is 8.39. The number of thioether (sulfide) groups is 1. The predicted octanol–water partition coefficient (Wildman–Crippen LogP) is 5.39. The van der Waals surface area contributed by atoms with Gasteiger partial charge in [0.15, 0.2) is 9.47 Å². The lowest BCUT2D eigenvalue weighted by Gasteiger charge is -2.22. The van der Waals surface area contributed by atoms with Gasteiger partial charge >= 0.3 is 0 Å². The first-order chi connectivity index (χ1) is 13.7. The van der Waals surface area contributed by atoms with E-state index in [1.54, 1.807) is 28.4 Å². The number of hydrogen-bond acceptors (Lipinski definition) is 8. The SMILES string of the molecule is O=C1CSC(c2ccccc2O)N1c1nc(Sc2nc3ccccc3s2)cs1. The van der Waals surface area contributed by atoms with Crippen molar-refractivity contribution in [2.75, 3.05) is 10.7 Å². The second kappa shape index (κ2) is 7.40. The maximum atomic E-state index is 12.5. The van der Waals surface area contributed by atoms with Crippen molar-refractivity contribution in [1.29, 1.82) is 0 Å². The Morgan fingerprint density at radius 2 is 1.93 bits per heavy atom. The minimum atomic E-state index is -0.264. The van der Waals surface area contributed by atoms with E-state index < -0.39 is 0 Å². The zero-order valence-electron chi connectivity index (χ0n) is 14.3. The Morgan fingerprint density at radius 1 is 1.11 bits per heavy atom. The third kappa shape index (κ3) is 3.28. The van der Waals surface area contributed by atoms with Crippen molar-refractivity contribution < 1.29 is 9.90 Å². The topological polar surface area (TPSA) is 66.3 Å². The van der Waals surface area contributed by atoms with Crippen LogP contribution in [0.2, 0.25) is 0 Å². The van der Waals surface area contributed by atoms with E-state index in [4.69, 9.17) is 0 Å². The summed E-state index contributed by atoms with van der Waals surface area (Å²) in [5, 5.41) is 13.4. The summed E-state index contributed by atoms with van der Waals surface area (Å²) in [6.07, 6.45) is 0. The molecule has 0 bridgehead atoms. The molecule has 2 aromatic heterocycles. The van der Waals surface area contributed by atoms with Crippen LogP contribution in [0.15, 0.2) is 63.3 Å². The normalized spacial score (nSPS) is 16.9. The molecule has 0 radical (unpaired) electrons. The number of anilines is 1. The highest BCUT2D eigenvalue weighted by atomic mass is 32.2. The smallest absolute Gasteiger partial charge is 0.240 e. The van der Waals surface area contributed by atoms with Crippen molar-refractivity contribution in [2.45, 2.75) is 14.7 Å². The summed E-state index contributed by atoms with van der Waals surface area (Å²) in [7, 11) is 0. The molecule has 1 saturated heterocycles. The fourth-order valence-corrected chi connectivity index (χ4v) is 7.17. The molecule has 0 saturated carbocycles. The maximum Gasteiger partial charge on any atom is 0.240 e. The zero-order valence-corrected chi connectivity index (χ0v) is 17.6. The molecule has 2 aromatic carbocycles. The summed E-state index contributed by atoms with van der Waals surface area (Å²) < 4.78 is 2.07. The molecule has 0 aliphatic carbocycles. The van der Waals surface area contributed by atoms with E-state index in [1.165, 1.54) is 34.9 Å². The number of phenolic OH excluding ortho intramolecular Hbond substituents is 1. The molecular formula is C19H13N3O2S4. The van der Waals surface area contributed by atoms with Crippen molar-refractivity contribution >= 4 is 67.5 Å². The van der Waals surface area contributed by atoms with Crippen LogP contribution in [-0.4, -0.2) is 26.7 Å². The van der Waals surface area contributed by atoms with Crippen LogP contribution >= 0.6 is 46.2 Å². The van der Waals surface area contributed by atoms with Gasteiger partial charge in [0.2, 0.25) is 5.91 Å². The fraction of sp³-hybridized carbons (Fsp3) is 0.105. The molecule has 9 heteroatoms. The number of aromatic nitrogens is 2. The quantitative estimate of drug-likeness (QED) is 0.456. The molecule has 5 rings (SSSR count). The van der Waals surface area contributed by atoms with Gasteiger partial charge in [-0.1, -0.05) is 30.3 Å². The summed E-state index contributed by atoms with van der Waals surface area (Å²) in [5.41, 5.74) is 1.71.